The molecule has 6 nitrogen and oxygen atoms in total. The Kier molecular flexibility index (Phi) is 3.41. The predicted molar refractivity (Wildman–Crippen MR) is 88.2 cm³/mol. The molecule has 3 heterocycles. The van der Waals surface area contributed by atoms with Crippen LogP contribution in [0.4, 0.5) is 17.2 Å². The smallest absolute Gasteiger partial charge is 0.175 e. The van der Waals surface area contributed by atoms with Crippen molar-refractivity contribution in [3.05, 3.63) is 18.3 Å². The molecule has 21 heavy (non-hydrogen) atoms. The van der Waals surface area contributed by atoms with Crippen LogP contribution in [0.25, 0.3) is 5.52 Å². The van der Waals surface area contributed by atoms with Crippen LogP contribution in [-0.2, 0) is 0 Å². The van der Waals surface area contributed by atoms with E-state index in [-0.39, 0.29) is 0 Å². The van der Waals surface area contributed by atoms with E-state index in [4.69, 9.17) is 10.8 Å². The second kappa shape index (κ2) is 5.11. The Morgan fingerprint density at radius 1 is 1.29 bits per heavy atom. The number of hydrogen-bond donors (Lipinski definition) is 1. The molecule has 0 amide bonds. The molecule has 0 saturated carbocycles. The van der Waals surface area contributed by atoms with Gasteiger partial charge in [0.1, 0.15) is 11.2 Å². The Labute approximate surface area is 125 Å². The van der Waals surface area contributed by atoms with Crippen molar-refractivity contribution in [1.29, 1.82) is 0 Å². The molecule has 0 aliphatic carbocycles. The van der Waals surface area contributed by atoms with Crippen molar-refractivity contribution in [3.8, 4) is 0 Å². The van der Waals surface area contributed by atoms with Gasteiger partial charge in [-0.2, -0.15) is 0 Å². The van der Waals surface area contributed by atoms with Gasteiger partial charge in [0, 0.05) is 39.4 Å². The number of nitrogens with two attached hydrogens (primary N) is 1. The summed E-state index contributed by atoms with van der Waals surface area (Å²) in [6.45, 7) is 1.99. The first-order chi connectivity index (χ1) is 9.99. The van der Waals surface area contributed by atoms with Crippen molar-refractivity contribution in [3.63, 3.8) is 0 Å². The van der Waals surface area contributed by atoms with Gasteiger partial charge >= 0.3 is 0 Å². The van der Waals surface area contributed by atoms with E-state index in [1.807, 2.05) is 30.9 Å². The second-order valence-electron chi connectivity index (χ2n) is 6.17. The fourth-order valence-corrected chi connectivity index (χ4v) is 3.04. The third-order valence-corrected chi connectivity index (χ3v) is 4.33. The van der Waals surface area contributed by atoms with E-state index in [0.717, 1.165) is 42.2 Å². The molecule has 1 aliphatic heterocycles. The lowest BCUT2D eigenvalue weighted by atomic mass is 10.2. The second-order valence-corrected chi connectivity index (χ2v) is 6.17. The summed E-state index contributed by atoms with van der Waals surface area (Å²) in [5.41, 5.74) is 9.28. The first kappa shape index (κ1) is 14.0. The highest BCUT2D eigenvalue weighted by molar-refractivity contribution is 5.91. The van der Waals surface area contributed by atoms with E-state index in [2.05, 4.69) is 34.9 Å². The molecule has 114 valence electrons. The number of aromatic nitrogens is 2. The van der Waals surface area contributed by atoms with Crippen molar-refractivity contribution in [2.45, 2.75) is 12.5 Å². The van der Waals surface area contributed by atoms with Crippen LogP contribution in [0.5, 0.6) is 0 Å². The quantitative estimate of drug-likeness (QED) is 0.917. The van der Waals surface area contributed by atoms with Gasteiger partial charge in [-0.15, -0.1) is 5.10 Å². The Morgan fingerprint density at radius 2 is 2.05 bits per heavy atom. The minimum absolute atomic E-state index is 0.572. The molecule has 1 unspecified atom stereocenters. The fraction of sp³-hybridized carbons (Fsp3) is 0.533. The van der Waals surface area contributed by atoms with Crippen LogP contribution in [0.1, 0.15) is 6.42 Å². The van der Waals surface area contributed by atoms with Crippen LogP contribution in [0.3, 0.4) is 0 Å². The van der Waals surface area contributed by atoms with Crippen molar-refractivity contribution in [1.82, 2.24) is 14.5 Å². The minimum Gasteiger partial charge on any atom is -0.394 e. The summed E-state index contributed by atoms with van der Waals surface area (Å²) in [7, 11) is 8.31. The maximum Gasteiger partial charge on any atom is 0.175 e. The molecule has 1 fully saturated rings. The van der Waals surface area contributed by atoms with E-state index in [9.17, 15) is 0 Å². The highest BCUT2D eigenvalue weighted by Crippen LogP contribution is 2.34. The Morgan fingerprint density at radius 3 is 2.67 bits per heavy atom. The number of anilines is 3. The Hall–Kier alpha value is -1.95. The maximum absolute atomic E-state index is 6.41. The van der Waals surface area contributed by atoms with Gasteiger partial charge in [0.25, 0.3) is 0 Å². The lowest BCUT2D eigenvalue weighted by Crippen LogP contribution is -2.31. The molecule has 6 heteroatoms. The van der Waals surface area contributed by atoms with Crippen LogP contribution >= 0.6 is 0 Å². The molecule has 0 bridgehead atoms. The summed E-state index contributed by atoms with van der Waals surface area (Å²) < 4.78 is 1.89. The number of rotatable bonds is 3. The van der Waals surface area contributed by atoms with Crippen LogP contribution in [0, 0.1) is 0 Å². The van der Waals surface area contributed by atoms with Crippen molar-refractivity contribution < 1.29 is 0 Å². The largest absolute Gasteiger partial charge is 0.394 e. The van der Waals surface area contributed by atoms with Gasteiger partial charge < -0.3 is 20.4 Å². The number of fused-ring (bicyclic) bond motifs is 1. The molecule has 2 aromatic rings. The number of nitrogens with zero attached hydrogens (tertiary/aromatic N) is 5. The molecular weight excluding hydrogens is 264 g/mol. The molecule has 1 atom stereocenters. The monoisotopic (exact) mass is 288 g/mol. The summed E-state index contributed by atoms with van der Waals surface area (Å²) >= 11 is 0. The van der Waals surface area contributed by atoms with E-state index in [0.29, 0.717) is 6.04 Å². The number of pyridine rings is 1. The van der Waals surface area contributed by atoms with Crippen LogP contribution in [0.15, 0.2) is 18.3 Å². The average Bonchev–Trinajstić information content (AvgIpc) is 3.03. The van der Waals surface area contributed by atoms with E-state index >= 15 is 0 Å². The first-order valence-corrected chi connectivity index (χ1v) is 7.34. The van der Waals surface area contributed by atoms with Crippen molar-refractivity contribution in [2.75, 3.05) is 56.8 Å². The number of hydrogen-bond acceptors (Lipinski definition) is 5. The summed E-state index contributed by atoms with van der Waals surface area (Å²) in [4.78, 5) is 6.65. The summed E-state index contributed by atoms with van der Waals surface area (Å²) in [6.07, 6.45) is 3.11. The summed E-state index contributed by atoms with van der Waals surface area (Å²) in [6, 6.07) is 4.65. The van der Waals surface area contributed by atoms with E-state index < -0.39 is 0 Å². The number of nitrogen functional groups attached to an aromatic ring is 1. The Balaban J connectivity index is 2.01. The van der Waals surface area contributed by atoms with Gasteiger partial charge in [-0.05, 0) is 32.6 Å². The molecule has 2 N–H and O–H groups in total. The minimum atomic E-state index is 0.572. The SMILES string of the molecule is CN(C)c1cccn2nc(N3CCC(N(C)C)C3)c(N)c12. The highest BCUT2D eigenvalue weighted by Gasteiger charge is 2.28. The molecule has 3 rings (SSSR count). The van der Waals surface area contributed by atoms with Crippen molar-refractivity contribution in [2.24, 2.45) is 0 Å². The Bertz CT molecular complexity index is 645. The van der Waals surface area contributed by atoms with Gasteiger partial charge in [0.2, 0.25) is 0 Å². The lowest BCUT2D eigenvalue weighted by Gasteiger charge is -2.20. The molecule has 0 spiro atoms. The topological polar surface area (TPSA) is 53.0 Å². The highest BCUT2D eigenvalue weighted by atomic mass is 15.4. The lowest BCUT2D eigenvalue weighted by molar-refractivity contribution is 0.315. The summed E-state index contributed by atoms with van der Waals surface area (Å²) in [5, 5.41) is 4.70. The number of likely N-dealkylation sites (N-methyl/N-ethyl adjacent to an activating group) is 1. The van der Waals surface area contributed by atoms with E-state index in [1.165, 1.54) is 0 Å². The molecular formula is C15H24N6. The van der Waals surface area contributed by atoms with Crippen molar-refractivity contribution >= 4 is 22.7 Å². The average molecular weight is 288 g/mol. The zero-order chi connectivity index (χ0) is 15.1. The first-order valence-electron chi connectivity index (χ1n) is 7.34. The fourth-order valence-electron chi connectivity index (χ4n) is 3.04. The normalized spacial score (nSPS) is 18.9. The third kappa shape index (κ3) is 2.29. The molecule has 0 aromatic carbocycles. The zero-order valence-electron chi connectivity index (χ0n) is 13.2. The van der Waals surface area contributed by atoms with Gasteiger partial charge in [-0.25, -0.2) is 4.52 Å². The van der Waals surface area contributed by atoms with Gasteiger partial charge in [0.05, 0.1) is 5.69 Å². The standard InChI is InChI=1S/C15H24N6/c1-18(2)11-7-9-20(10-11)15-13(16)14-12(19(3)4)6-5-8-21(14)17-15/h5-6,8,11H,7,9-10,16H2,1-4H3. The zero-order valence-corrected chi connectivity index (χ0v) is 13.2. The molecule has 2 aromatic heterocycles. The maximum atomic E-state index is 6.41. The van der Waals surface area contributed by atoms with Crippen LogP contribution in [-0.4, -0.2) is 61.8 Å². The van der Waals surface area contributed by atoms with Crippen LogP contribution < -0.4 is 15.5 Å². The van der Waals surface area contributed by atoms with Gasteiger partial charge in [-0.1, -0.05) is 0 Å². The van der Waals surface area contributed by atoms with Crippen LogP contribution in [0.2, 0.25) is 0 Å². The summed E-state index contributed by atoms with van der Waals surface area (Å²) in [5.74, 6) is 0.911. The van der Waals surface area contributed by atoms with Gasteiger partial charge in [-0.3, -0.25) is 0 Å². The molecule has 1 aliphatic rings. The van der Waals surface area contributed by atoms with E-state index in [1.54, 1.807) is 0 Å². The molecule has 1 saturated heterocycles. The third-order valence-electron chi connectivity index (χ3n) is 4.33. The predicted octanol–water partition coefficient (Wildman–Crippen LogP) is 1.12. The molecule has 0 radical (unpaired) electrons. The van der Waals surface area contributed by atoms with Gasteiger partial charge in [0.15, 0.2) is 5.82 Å².